The van der Waals surface area contributed by atoms with E-state index in [9.17, 15) is 4.79 Å². The molecule has 0 N–H and O–H groups in total. The molecule has 114 valence electrons. The molecule has 0 bridgehead atoms. The van der Waals surface area contributed by atoms with Crippen LogP contribution in [0, 0.1) is 11.3 Å². The molecule has 0 aromatic heterocycles. The normalized spacial score (nSPS) is 10.5. The second-order valence-electron chi connectivity index (χ2n) is 5.37. The van der Waals surface area contributed by atoms with Gasteiger partial charge in [0.25, 0.3) is 0 Å². The molecule has 3 rings (SSSR count). The van der Waals surface area contributed by atoms with Crippen molar-refractivity contribution in [3.8, 4) is 17.2 Å². The molecule has 0 aliphatic carbocycles. The second-order valence-corrected chi connectivity index (χ2v) is 5.37. The van der Waals surface area contributed by atoms with Crippen LogP contribution in [0.5, 0.6) is 0 Å². The summed E-state index contributed by atoms with van der Waals surface area (Å²) in [5.74, 6) is -0.0426. The van der Waals surface area contributed by atoms with Gasteiger partial charge in [-0.1, -0.05) is 72.8 Å². The monoisotopic (exact) mass is 309 g/mol. The third-order valence-corrected chi connectivity index (χ3v) is 3.74. The molecule has 0 fully saturated rings. The summed E-state index contributed by atoms with van der Waals surface area (Å²) in [6, 6.07) is 26.8. The van der Waals surface area contributed by atoms with E-state index in [1.54, 1.807) is 24.3 Å². The number of rotatable bonds is 4. The van der Waals surface area contributed by atoms with Crippen LogP contribution in [-0.2, 0) is 0 Å². The predicted octanol–water partition coefficient (Wildman–Crippen LogP) is 5.12. The van der Waals surface area contributed by atoms with E-state index in [0.29, 0.717) is 11.1 Å². The molecule has 0 saturated carbocycles. The second kappa shape index (κ2) is 7.21. The third kappa shape index (κ3) is 3.66. The van der Waals surface area contributed by atoms with Crippen molar-refractivity contribution in [3.63, 3.8) is 0 Å². The van der Waals surface area contributed by atoms with E-state index in [2.05, 4.69) is 6.07 Å². The van der Waals surface area contributed by atoms with Crippen LogP contribution in [0.15, 0.2) is 84.9 Å². The first-order valence-corrected chi connectivity index (χ1v) is 7.64. The lowest BCUT2D eigenvalue weighted by molar-refractivity contribution is 0.104. The summed E-state index contributed by atoms with van der Waals surface area (Å²) in [6.45, 7) is 0. The minimum atomic E-state index is -0.0426. The average Bonchev–Trinajstić information content (AvgIpc) is 2.67. The fourth-order valence-electron chi connectivity index (χ4n) is 2.39. The van der Waals surface area contributed by atoms with Crippen molar-refractivity contribution in [2.45, 2.75) is 0 Å². The minimum Gasteiger partial charge on any atom is -0.289 e. The lowest BCUT2D eigenvalue weighted by Gasteiger charge is -2.02. The summed E-state index contributed by atoms with van der Waals surface area (Å²) >= 11 is 0. The van der Waals surface area contributed by atoms with Gasteiger partial charge >= 0.3 is 0 Å². The van der Waals surface area contributed by atoms with Crippen LogP contribution >= 0.6 is 0 Å². The van der Waals surface area contributed by atoms with Crippen LogP contribution in [0.3, 0.4) is 0 Å². The number of carbonyl (C=O) groups is 1. The first-order chi connectivity index (χ1) is 11.8. The van der Waals surface area contributed by atoms with Crippen molar-refractivity contribution >= 4 is 11.9 Å². The molecule has 3 aromatic rings. The van der Waals surface area contributed by atoms with Crippen molar-refractivity contribution < 1.29 is 4.79 Å². The summed E-state index contributed by atoms with van der Waals surface area (Å²) in [6.07, 6.45) is 3.31. The number of nitriles is 1. The summed E-state index contributed by atoms with van der Waals surface area (Å²) in [7, 11) is 0. The summed E-state index contributed by atoms with van der Waals surface area (Å²) in [5, 5.41) is 8.78. The van der Waals surface area contributed by atoms with E-state index >= 15 is 0 Å². The van der Waals surface area contributed by atoms with E-state index < -0.39 is 0 Å². The topological polar surface area (TPSA) is 40.9 Å². The van der Waals surface area contributed by atoms with Gasteiger partial charge < -0.3 is 0 Å². The van der Waals surface area contributed by atoms with Crippen LogP contribution in [-0.4, -0.2) is 5.78 Å². The molecule has 0 saturated heterocycles. The Hall–Kier alpha value is -3.44. The molecule has 0 spiro atoms. The summed E-state index contributed by atoms with van der Waals surface area (Å²) in [4.78, 5) is 12.2. The van der Waals surface area contributed by atoms with Gasteiger partial charge in [0.15, 0.2) is 5.78 Å². The SMILES string of the molecule is N#Cc1ccc(C=CC(=O)c2ccc(-c3ccccc3)cc2)cc1. The minimum absolute atomic E-state index is 0.0426. The molecule has 0 aliphatic rings. The van der Waals surface area contributed by atoms with Crippen LogP contribution in [0.2, 0.25) is 0 Å². The molecule has 2 nitrogen and oxygen atoms in total. The molecular formula is C22H15NO. The zero-order valence-corrected chi connectivity index (χ0v) is 13.0. The van der Waals surface area contributed by atoms with Crippen molar-refractivity contribution in [1.29, 1.82) is 5.26 Å². The van der Waals surface area contributed by atoms with Crippen molar-refractivity contribution in [1.82, 2.24) is 0 Å². The standard InChI is InChI=1S/C22H15NO/c23-16-18-8-6-17(7-9-18)10-15-22(24)21-13-11-20(12-14-21)19-4-2-1-3-5-19/h1-15H. The Morgan fingerprint density at radius 1 is 0.792 bits per heavy atom. The third-order valence-electron chi connectivity index (χ3n) is 3.74. The van der Waals surface area contributed by atoms with E-state index in [-0.39, 0.29) is 5.78 Å². The van der Waals surface area contributed by atoms with Gasteiger partial charge in [-0.15, -0.1) is 0 Å². The molecule has 0 amide bonds. The predicted molar refractivity (Wildman–Crippen MR) is 96.4 cm³/mol. The number of carbonyl (C=O) groups excluding carboxylic acids is 1. The smallest absolute Gasteiger partial charge is 0.185 e. The Morgan fingerprint density at radius 2 is 1.42 bits per heavy atom. The van der Waals surface area contributed by atoms with E-state index in [1.165, 1.54) is 0 Å². The Balaban J connectivity index is 1.73. The maximum atomic E-state index is 12.2. The lowest BCUT2D eigenvalue weighted by Crippen LogP contribution is -1.93. The first-order valence-electron chi connectivity index (χ1n) is 7.64. The number of hydrogen-bond acceptors (Lipinski definition) is 2. The highest BCUT2D eigenvalue weighted by Crippen LogP contribution is 2.19. The van der Waals surface area contributed by atoms with Gasteiger partial charge in [0.05, 0.1) is 11.6 Å². The van der Waals surface area contributed by atoms with Crippen molar-refractivity contribution in [2.75, 3.05) is 0 Å². The Kier molecular flexibility index (Phi) is 4.65. The van der Waals surface area contributed by atoms with Crippen LogP contribution < -0.4 is 0 Å². The summed E-state index contributed by atoms with van der Waals surface area (Å²) in [5.41, 5.74) is 4.37. The zero-order valence-electron chi connectivity index (χ0n) is 13.0. The maximum Gasteiger partial charge on any atom is 0.185 e. The Bertz CT molecular complexity index is 899. The molecule has 0 unspecified atom stereocenters. The Labute approximate surface area is 141 Å². The molecule has 2 heteroatoms. The lowest BCUT2D eigenvalue weighted by atomic mass is 10.0. The van der Waals surface area contributed by atoms with Gasteiger partial charge in [-0.05, 0) is 34.9 Å². The number of nitrogens with zero attached hydrogens (tertiary/aromatic N) is 1. The van der Waals surface area contributed by atoms with Crippen LogP contribution in [0.1, 0.15) is 21.5 Å². The van der Waals surface area contributed by atoms with E-state index in [1.807, 2.05) is 66.7 Å². The van der Waals surface area contributed by atoms with E-state index in [4.69, 9.17) is 5.26 Å². The van der Waals surface area contributed by atoms with Gasteiger partial charge in [-0.2, -0.15) is 5.26 Å². The number of allylic oxidation sites excluding steroid dienone is 1. The quantitative estimate of drug-likeness (QED) is 0.495. The van der Waals surface area contributed by atoms with Gasteiger partial charge in [0.2, 0.25) is 0 Å². The fraction of sp³-hybridized carbons (Fsp3) is 0. The van der Waals surface area contributed by atoms with Crippen LogP contribution in [0.4, 0.5) is 0 Å². The van der Waals surface area contributed by atoms with Gasteiger partial charge in [0.1, 0.15) is 0 Å². The molecule has 0 aliphatic heterocycles. The van der Waals surface area contributed by atoms with Crippen molar-refractivity contribution in [2.24, 2.45) is 0 Å². The molecule has 3 aromatic carbocycles. The molecule has 0 heterocycles. The maximum absolute atomic E-state index is 12.2. The highest BCUT2D eigenvalue weighted by atomic mass is 16.1. The molecule has 0 radical (unpaired) electrons. The van der Waals surface area contributed by atoms with Gasteiger partial charge in [-0.25, -0.2) is 0 Å². The highest BCUT2D eigenvalue weighted by Gasteiger charge is 2.03. The largest absolute Gasteiger partial charge is 0.289 e. The fourth-order valence-corrected chi connectivity index (χ4v) is 2.39. The summed E-state index contributed by atoms with van der Waals surface area (Å²) < 4.78 is 0. The van der Waals surface area contributed by atoms with Gasteiger partial charge in [-0.3, -0.25) is 4.79 Å². The molecular weight excluding hydrogens is 294 g/mol. The van der Waals surface area contributed by atoms with Gasteiger partial charge in [0, 0.05) is 5.56 Å². The van der Waals surface area contributed by atoms with E-state index in [0.717, 1.165) is 16.7 Å². The first kappa shape index (κ1) is 15.5. The number of benzene rings is 3. The highest BCUT2D eigenvalue weighted by molar-refractivity contribution is 6.07. The molecule has 24 heavy (non-hydrogen) atoms. The Morgan fingerprint density at radius 3 is 2.04 bits per heavy atom. The zero-order chi connectivity index (χ0) is 16.8. The van der Waals surface area contributed by atoms with Crippen LogP contribution in [0.25, 0.3) is 17.2 Å². The molecule has 0 atom stereocenters. The van der Waals surface area contributed by atoms with Crippen molar-refractivity contribution in [3.05, 3.63) is 102 Å². The average molecular weight is 309 g/mol. The number of ketones is 1. The number of hydrogen-bond donors (Lipinski definition) is 0.